The lowest BCUT2D eigenvalue weighted by Gasteiger charge is -2.29. The second-order valence-corrected chi connectivity index (χ2v) is 9.59. The van der Waals surface area contributed by atoms with E-state index in [4.69, 9.17) is 9.84 Å². The fourth-order valence-electron chi connectivity index (χ4n) is 5.36. The molecule has 0 amide bonds. The van der Waals surface area contributed by atoms with E-state index in [0.29, 0.717) is 18.2 Å². The fourth-order valence-corrected chi connectivity index (χ4v) is 5.36. The van der Waals surface area contributed by atoms with E-state index in [9.17, 15) is 0 Å². The number of anilines is 2. The molecule has 1 atom stereocenters. The first-order chi connectivity index (χ1) is 16.6. The molecule has 2 aromatic carbocycles. The van der Waals surface area contributed by atoms with E-state index in [-0.39, 0.29) is 18.5 Å². The van der Waals surface area contributed by atoms with Crippen LogP contribution in [0.25, 0.3) is 11.8 Å². The molecule has 1 unspecified atom stereocenters. The van der Waals surface area contributed by atoms with Crippen molar-refractivity contribution in [1.29, 1.82) is 0 Å². The predicted molar refractivity (Wildman–Crippen MR) is 137 cm³/mol. The molecule has 0 radical (unpaired) electrons. The van der Waals surface area contributed by atoms with Crippen LogP contribution in [0.2, 0.25) is 0 Å². The highest BCUT2D eigenvalue weighted by molar-refractivity contribution is 5.89. The van der Waals surface area contributed by atoms with Gasteiger partial charge in [0.2, 0.25) is 0 Å². The van der Waals surface area contributed by atoms with Crippen molar-refractivity contribution in [3.05, 3.63) is 66.1 Å². The third-order valence-corrected chi connectivity index (χ3v) is 7.27. The zero-order valence-electron chi connectivity index (χ0n) is 19.7. The molecule has 180 valence electrons. The Morgan fingerprint density at radius 2 is 1.97 bits per heavy atom. The molecule has 34 heavy (non-hydrogen) atoms. The number of aliphatic hydroxyl groups is 1. The van der Waals surface area contributed by atoms with Crippen LogP contribution in [0.3, 0.4) is 0 Å². The molecule has 2 aliphatic heterocycles. The van der Waals surface area contributed by atoms with Crippen LogP contribution in [-0.4, -0.2) is 44.0 Å². The molecule has 6 heteroatoms. The molecule has 2 fully saturated rings. The van der Waals surface area contributed by atoms with Crippen molar-refractivity contribution in [3.63, 3.8) is 0 Å². The van der Waals surface area contributed by atoms with Gasteiger partial charge in [0.15, 0.2) is 0 Å². The molecule has 5 rings (SSSR count). The van der Waals surface area contributed by atoms with Gasteiger partial charge in [0.25, 0.3) is 0 Å². The van der Waals surface area contributed by atoms with E-state index in [0.717, 1.165) is 54.4 Å². The van der Waals surface area contributed by atoms with E-state index in [1.54, 1.807) is 6.07 Å². The number of benzene rings is 2. The summed E-state index contributed by atoms with van der Waals surface area (Å²) in [6.07, 6.45) is 10.1. The third-order valence-electron chi connectivity index (χ3n) is 7.27. The Kier molecular flexibility index (Phi) is 6.88. The van der Waals surface area contributed by atoms with Gasteiger partial charge in [-0.05, 0) is 67.2 Å². The molecule has 3 aliphatic rings. The van der Waals surface area contributed by atoms with Crippen LogP contribution in [0.15, 0.2) is 49.2 Å². The minimum absolute atomic E-state index is 0.116. The summed E-state index contributed by atoms with van der Waals surface area (Å²) >= 11 is 0. The summed E-state index contributed by atoms with van der Waals surface area (Å²) in [5.41, 5.74) is 4.29. The molecule has 1 saturated carbocycles. The SMILES string of the molecule is C=C1c2ccc(OCC3CCCC3)cc2C=CN1c1ccc(N2CCC(NCCO)C2)c(F)c1. The first kappa shape index (κ1) is 22.9. The molecular weight excluding hydrogens is 429 g/mol. The van der Waals surface area contributed by atoms with Crippen molar-refractivity contribution >= 4 is 23.1 Å². The molecule has 2 heterocycles. The molecule has 1 aliphatic carbocycles. The van der Waals surface area contributed by atoms with Crippen LogP contribution in [0.4, 0.5) is 15.8 Å². The highest BCUT2D eigenvalue weighted by Crippen LogP contribution is 2.36. The van der Waals surface area contributed by atoms with E-state index in [1.165, 1.54) is 25.7 Å². The minimum atomic E-state index is -0.233. The maximum absolute atomic E-state index is 15.1. The zero-order chi connectivity index (χ0) is 23.5. The Bertz CT molecular complexity index is 1060. The Morgan fingerprint density at radius 1 is 1.12 bits per heavy atom. The monoisotopic (exact) mass is 463 g/mol. The lowest BCUT2D eigenvalue weighted by Crippen LogP contribution is -2.34. The van der Waals surface area contributed by atoms with Crippen LogP contribution in [0.1, 0.15) is 43.2 Å². The number of fused-ring (bicyclic) bond motifs is 1. The number of hydrogen-bond donors (Lipinski definition) is 2. The Hall–Kier alpha value is -2.83. The lowest BCUT2D eigenvalue weighted by molar-refractivity contribution is 0.252. The van der Waals surface area contributed by atoms with E-state index >= 15 is 4.39 Å². The van der Waals surface area contributed by atoms with Gasteiger partial charge in [0, 0.05) is 54.9 Å². The molecule has 0 spiro atoms. The lowest BCUT2D eigenvalue weighted by atomic mass is 10.00. The second kappa shape index (κ2) is 10.2. The standard InChI is InChI=1S/C28H34FN3O2/c1-20-26-8-7-25(34-19-21-4-2-3-5-21)16-22(26)10-14-32(20)24-6-9-28(27(29)17-24)31-13-11-23(18-31)30-12-15-33/h6-10,14,16-17,21,23,30,33H,1-5,11-13,15,18-19H2. The van der Waals surface area contributed by atoms with E-state index in [1.807, 2.05) is 41.4 Å². The summed E-state index contributed by atoms with van der Waals surface area (Å²) in [6, 6.07) is 11.8. The minimum Gasteiger partial charge on any atom is -0.493 e. The first-order valence-corrected chi connectivity index (χ1v) is 12.4. The average Bonchev–Trinajstić information content (AvgIpc) is 3.54. The van der Waals surface area contributed by atoms with Gasteiger partial charge in [0.1, 0.15) is 11.6 Å². The quantitative estimate of drug-likeness (QED) is 0.576. The molecule has 2 aromatic rings. The van der Waals surface area contributed by atoms with Gasteiger partial charge in [-0.2, -0.15) is 0 Å². The van der Waals surface area contributed by atoms with Gasteiger partial charge in [-0.25, -0.2) is 4.39 Å². The summed E-state index contributed by atoms with van der Waals surface area (Å²) in [6.45, 7) is 7.31. The normalized spacial score (nSPS) is 20.3. The Morgan fingerprint density at radius 3 is 2.76 bits per heavy atom. The van der Waals surface area contributed by atoms with Gasteiger partial charge < -0.3 is 25.0 Å². The van der Waals surface area contributed by atoms with Gasteiger partial charge in [0.05, 0.1) is 18.9 Å². The summed E-state index contributed by atoms with van der Waals surface area (Å²) in [5.74, 6) is 1.34. The largest absolute Gasteiger partial charge is 0.493 e. The van der Waals surface area contributed by atoms with E-state index < -0.39 is 0 Å². The molecular formula is C28H34FN3O2. The maximum atomic E-state index is 15.1. The van der Waals surface area contributed by atoms with Crippen molar-refractivity contribution in [3.8, 4) is 5.75 Å². The summed E-state index contributed by atoms with van der Waals surface area (Å²) < 4.78 is 21.2. The summed E-state index contributed by atoms with van der Waals surface area (Å²) in [4.78, 5) is 4.00. The highest BCUT2D eigenvalue weighted by atomic mass is 19.1. The fraction of sp³-hybridized carbons (Fsp3) is 0.429. The van der Waals surface area contributed by atoms with Gasteiger partial charge in [-0.1, -0.05) is 19.4 Å². The van der Waals surface area contributed by atoms with Crippen molar-refractivity contribution in [2.45, 2.75) is 38.1 Å². The maximum Gasteiger partial charge on any atom is 0.148 e. The number of ether oxygens (including phenoxy) is 1. The number of rotatable bonds is 8. The number of nitrogens with one attached hydrogen (secondary N) is 1. The van der Waals surface area contributed by atoms with Crippen molar-refractivity contribution in [2.75, 3.05) is 42.6 Å². The smallest absolute Gasteiger partial charge is 0.148 e. The zero-order valence-corrected chi connectivity index (χ0v) is 19.7. The van der Waals surface area contributed by atoms with Crippen LogP contribution < -0.4 is 19.9 Å². The van der Waals surface area contributed by atoms with Crippen LogP contribution in [0, 0.1) is 11.7 Å². The number of nitrogens with zero attached hydrogens (tertiary/aromatic N) is 2. The van der Waals surface area contributed by atoms with E-state index in [2.05, 4.69) is 22.9 Å². The van der Waals surface area contributed by atoms with Gasteiger partial charge >= 0.3 is 0 Å². The number of hydrogen-bond acceptors (Lipinski definition) is 5. The predicted octanol–water partition coefficient (Wildman–Crippen LogP) is 5.02. The van der Waals surface area contributed by atoms with Crippen molar-refractivity contribution in [1.82, 2.24) is 5.32 Å². The first-order valence-electron chi connectivity index (χ1n) is 12.4. The molecule has 0 aromatic heterocycles. The van der Waals surface area contributed by atoms with Crippen LogP contribution in [-0.2, 0) is 0 Å². The molecule has 1 saturated heterocycles. The number of aliphatic hydroxyl groups excluding tert-OH is 1. The second-order valence-electron chi connectivity index (χ2n) is 9.59. The topological polar surface area (TPSA) is 48.0 Å². The molecule has 5 nitrogen and oxygen atoms in total. The van der Waals surface area contributed by atoms with Gasteiger partial charge in [-0.3, -0.25) is 0 Å². The van der Waals surface area contributed by atoms with Crippen molar-refractivity contribution < 1.29 is 14.2 Å². The molecule has 0 bridgehead atoms. The van der Waals surface area contributed by atoms with Crippen LogP contribution in [0.5, 0.6) is 5.75 Å². The Labute approximate surface area is 201 Å². The highest BCUT2D eigenvalue weighted by Gasteiger charge is 2.25. The Balaban J connectivity index is 1.26. The summed E-state index contributed by atoms with van der Waals surface area (Å²) in [5, 5.41) is 12.3. The third kappa shape index (κ3) is 4.84. The van der Waals surface area contributed by atoms with Crippen molar-refractivity contribution in [2.24, 2.45) is 5.92 Å². The molecule has 2 N–H and O–H groups in total. The average molecular weight is 464 g/mol. The van der Waals surface area contributed by atoms with Crippen LogP contribution >= 0.6 is 0 Å². The number of halogens is 1. The van der Waals surface area contributed by atoms with Gasteiger partial charge in [-0.15, -0.1) is 0 Å². The summed E-state index contributed by atoms with van der Waals surface area (Å²) in [7, 11) is 0.